The fourth-order valence-electron chi connectivity index (χ4n) is 3.72. The average Bonchev–Trinajstić information content (AvgIpc) is 2.75. The summed E-state index contributed by atoms with van der Waals surface area (Å²) in [5.74, 6) is 0.607. The molecule has 3 rings (SSSR count). The van der Waals surface area contributed by atoms with Crippen LogP contribution in [0.5, 0.6) is 5.75 Å². The fourth-order valence-corrected chi connectivity index (χ4v) is 3.72. The van der Waals surface area contributed by atoms with E-state index in [2.05, 4.69) is 10.6 Å². The molecule has 0 aliphatic heterocycles. The number of amides is 2. The number of carbonyl (C=O) groups excluding carboxylic acids is 1. The summed E-state index contributed by atoms with van der Waals surface area (Å²) >= 11 is 0. The zero-order valence-electron chi connectivity index (χ0n) is 17.4. The molecule has 8 heteroatoms. The molecule has 0 bridgehead atoms. The van der Waals surface area contributed by atoms with E-state index >= 15 is 0 Å². The van der Waals surface area contributed by atoms with Crippen LogP contribution in [0.15, 0.2) is 48.5 Å². The van der Waals surface area contributed by atoms with E-state index in [1.807, 2.05) is 30.3 Å². The van der Waals surface area contributed by atoms with Crippen molar-refractivity contribution in [1.29, 1.82) is 0 Å². The lowest BCUT2D eigenvalue weighted by Gasteiger charge is -2.29. The van der Waals surface area contributed by atoms with E-state index in [1.54, 1.807) is 0 Å². The summed E-state index contributed by atoms with van der Waals surface area (Å²) in [6.07, 6.45) is -1.06. The molecule has 1 aliphatic carbocycles. The highest BCUT2D eigenvalue weighted by Crippen LogP contribution is 2.35. The van der Waals surface area contributed by atoms with Crippen molar-refractivity contribution in [2.24, 2.45) is 5.92 Å². The minimum atomic E-state index is -4.50. The molecule has 168 valence electrons. The molecular formula is C23H27F3N2O3. The van der Waals surface area contributed by atoms with Crippen molar-refractivity contribution in [2.75, 3.05) is 19.0 Å². The van der Waals surface area contributed by atoms with Crippen LogP contribution in [0.2, 0.25) is 0 Å². The molecule has 2 aromatic carbocycles. The Hall–Kier alpha value is -2.74. The third-order valence-corrected chi connectivity index (χ3v) is 5.42. The van der Waals surface area contributed by atoms with Crippen molar-refractivity contribution in [1.82, 2.24) is 5.32 Å². The molecule has 0 unspecified atom stereocenters. The Balaban J connectivity index is 1.44. The molecular weight excluding hydrogens is 409 g/mol. The number of nitrogens with one attached hydrogen (secondary N) is 2. The van der Waals surface area contributed by atoms with E-state index in [0.29, 0.717) is 19.1 Å². The minimum Gasteiger partial charge on any atom is -0.495 e. The molecule has 31 heavy (non-hydrogen) atoms. The molecule has 1 aliphatic rings. The number of carbonyl (C=O) groups is 1. The second-order valence-corrected chi connectivity index (χ2v) is 7.73. The third kappa shape index (κ3) is 6.89. The molecule has 2 aromatic rings. The molecule has 0 saturated heterocycles. The number of hydrogen-bond donors (Lipinski definition) is 2. The highest BCUT2D eigenvalue weighted by Gasteiger charge is 2.31. The predicted octanol–water partition coefficient (Wildman–Crippen LogP) is 5.61. The van der Waals surface area contributed by atoms with Crippen molar-refractivity contribution in [3.05, 3.63) is 59.7 Å². The summed E-state index contributed by atoms with van der Waals surface area (Å²) in [4.78, 5) is 12.3. The van der Waals surface area contributed by atoms with E-state index in [-0.39, 0.29) is 17.5 Å². The summed E-state index contributed by atoms with van der Waals surface area (Å²) < 4.78 is 49.7. The van der Waals surface area contributed by atoms with Crippen LogP contribution in [0.25, 0.3) is 0 Å². The number of alkyl halides is 3. The number of benzene rings is 2. The standard InChI is InChI=1S/C23H27F3N2O3/c1-30-21-12-9-18(23(24,25)26)13-20(21)28-22(29)27-19-10-7-17(8-11-19)15-31-14-16-5-3-2-4-6-16/h2-6,9,12-13,17,19H,7-8,10-11,14-15H2,1H3,(H2,27,28,29). The number of rotatable bonds is 7. The molecule has 2 amide bonds. The maximum Gasteiger partial charge on any atom is 0.416 e. The lowest BCUT2D eigenvalue weighted by molar-refractivity contribution is -0.137. The maximum absolute atomic E-state index is 13.0. The van der Waals surface area contributed by atoms with Gasteiger partial charge in [-0.2, -0.15) is 13.2 Å². The molecule has 2 N–H and O–H groups in total. The van der Waals surface area contributed by atoms with Gasteiger partial charge in [0.1, 0.15) is 5.75 Å². The summed E-state index contributed by atoms with van der Waals surface area (Å²) in [7, 11) is 1.34. The molecule has 1 saturated carbocycles. The van der Waals surface area contributed by atoms with Crippen molar-refractivity contribution >= 4 is 11.7 Å². The Kier molecular flexibility index (Phi) is 7.79. The van der Waals surface area contributed by atoms with Gasteiger partial charge in [0.2, 0.25) is 0 Å². The summed E-state index contributed by atoms with van der Waals surface area (Å²) in [5, 5.41) is 5.34. The van der Waals surface area contributed by atoms with Gasteiger partial charge in [0.25, 0.3) is 0 Å². The van der Waals surface area contributed by atoms with Crippen LogP contribution in [-0.4, -0.2) is 25.8 Å². The second kappa shape index (κ2) is 10.5. The predicted molar refractivity (Wildman–Crippen MR) is 112 cm³/mol. The van der Waals surface area contributed by atoms with E-state index in [0.717, 1.165) is 43.4 Å². The van der Waals surface area contributed by atoms with Crippen LogP contribution >= 0.6 is 0 Å². The van der Waals surface area contributed by atoms with Gasteiger partial charge in [-0.3, -0.25) is 0 Å². The largest absolute Gasteiger partial charge is 0.495 e. The van der Waals surface area contributed by atoms with Gasteiger partial charge in [0.05, 0.1) is 25.0 Å². The fraction of sp³-hybridized carbons (Fsp3) is 0.435. The van der Waals surface area contributed by atoms with Gasteiger partial charge in [-0.15, -0.1) is 0 Å². The number of halogens is 3. The van der Waals surface area contributed by atoms with Crippen molar-refractivity contribution in [3.63, 3.8) is 0 Å². The highest BCUT2D eigenvalue weighted by molar-refractivity contribution is 5.91. The SMILES string of the molecule is COc1ccc(C(F)(F)F)cc1NC(=O)NC1CCC(COCc2ccccc2)CC1. The van der Waals surface area contributed by atoms with E-state index in [4.69, 9.17) is 9.47 Å². The average molecular weight is 436 g/mol. The molecule has 0 aromatic heterocycles. The number of ether oxygens (including phenoxy) is 2. The van der Waals surface area contributed by atoms with Crippen molar-refractivity contribution < 1.29 is 27.4 Å². The van der Waals surface area contributed by atoms with Crippen molar-refractivity contribution in [3.8, 4) is 5.75 Å². The van der Waals surface area contributed by atoms with Gasteiger partial charge in [0, 0.05) is 12.6 Å². The van der Waals surface area contributed by atoms with Crippen LogP contribution in [-0.2, 0) is 17.5 Å². The lowest BCUT2D eigenvalue weighted by Crippen LogP contribution is -2.40. The Bertz CT molecular complexity index is 851. The summed E-state index contributed by atoms with van der Waals surface area (Å²) in [6, 6.07) is 12.4. The van der Waals surface area contributed by atoms with Gasteiger partial charge in [-0.25, -0.2) is 4.79 Å². The van der Waals surface area contributed by atoms with Gasteiger partial charge < -0.3 is 20.1 Å². The third-order valence-electron chi connectivity index (χ3n) is 5.42. The molecule has 1 fully saturated rings. The smallest absolute Gasteiger partial charge is 0.416 e. The van der Waals surface area contributed by atoms with Gasteiger partial charge >= 0.3 is 12.2 Å². The first kappa shape index (κ1) is 22.9. The maximum atomic E-state index is 13.0. The minimum absolute atomic E-state index is 0.0159. The summed E-state index contributed by atoms with van der Waals surface area (Å²) in [6.45, 7) is 1.26. The second-order valence-electron chi connectivity index (χ2n) is 7.73. The van der Waals surface area contributed by atoms with E-state index in [9.17, 15) is 18.0 Å². The molecule has 5 nitrogen and oxygen atoms in total. The topological polar surface area (TPSA) is 59.6 Å². The number of anilines is 1. The molecule has 0 heterocycles. The van der Waals surface area contributed by atoms with Crippen molar-refractivity contribution in [2.45, 2.75) is 44.5 Å². The number of methoxy groups -OCH3 is 1. The normalized spacial score (nSPS) is 19.0. The van der Waals surface area contributed by atoms with Crippen LogP contribution in [0.1, 0.15) is 36.8 Å². The zero-order valence-corrected chi connectivity index (χ0v) is 17.4. The Morgan fingerprint density at radius 1 is 1.06 bits per heavy atom. The monoisotopic (exact) mass is 436 g/mol. The first-order valence-corrected chi connectivity index (χ1v) is 10.3. The van der Waals surface area contributed by atoms with E-state index in [1.165, 1.54) is 13.2 Å². The first-order valence-electron chi connectivity index (χ1n) is 10.3. The van der Waals surface area contributed by atoms with E-state index < -0.39 is 17.8 Å². The van der Waals surface area contributed by atoms with Crippen LogP contribution < -0.4 is 15.4 Å². The quantitative estimate of drug-likeness (QED) is 0.593. The Labute approximate surface area is 179 Å². The van der Waals surface area contributed by atoms with Crippen LogP contribution in [0.3, 0.4) is 0 Å². The summed E-state index contributed by atoms with van der Waals surface area (Å²) in [5.41, 5.74) is 0.275. The lowest BCUT2D eigenvalue weighted by atomic mass is 9.86. The van der Waals surface area contributed by atoms with Gasteiger partial charge in [-0.1, -0.05) is 30.3 Å². The van der Waals surface area contributed by atoms with Crippen LogP contribution in [0.4, 0.5) is 23.7 Å². The van der Waals surface area contributed by atoms with Gasteiger partial charge in [-0.05, 0) is 55.4 Å². The highest BCUT2D eigenvalue weighted by atomic mass is 19.4. The van der Waals surface area contributed by atoms with Crippen LogP contribution in [0, 0.1) is 5.92 Å². The molecule has 0 atom stereocenters. The molecule has 0 radical (unpaired) electrons. The first-order chi connectivity index (χ1) is 14.8. The zero-order chi connectivity index (χ0) is 22.3. The number of hydrogen-bond acceptors (Lipinski definition) is 3. The molecule has 0 spiro atoms. The Morgan fingerprint density at radius 3 is 2.42 bits per heavy atom. The number of urea groups is 1. The van der Waals surface area contributed by atoms with Gasteiger partial charge in [0.15, 0.2) is 0 Å². The Morgan fingerprint density at radius 2 is 1.77 bits per heavy atom.